The summed E-state index contributed by atoms with van der Waals surface area (Å²) in [6, 6.07) is 8.60. The standard InChI is InChI=1S/C23H26N4O3S/c1-14(2)27-23(30)17-11-8-7-10-16(17)20(26-27)22(29)25-24-21(28)19-13-15-9-5-3-4-6-12-18(15)31-19/h7-8,10-11,13-14H,3-6,9,12H2,1-2H3,(H,24,28)(H,25,29). The lowest BCUT2D eigenvalue weighted by Gasteiger charge is -2.13. The normalized spacial score (nSPS) is 14.0. The average molecular weight is 439 g/mol. The molecule has 0 saturated heterocycles. The Morgan fingerprint density at radius 2 is 1.68 bits per heavy atom. The largest absolute Gasteiger partial charge is 0.290 e. The Hall–Kier alpha value is -3.00. The van der Waals surface area contributed by atoms with Crippen molar-refractivity contribution in [1.29, 1.82) is 0 Å². The molecule has 0 aliphatic heterocycles. The summed E-state index contributed by atoms with van der Waals surface area (Å²) in [5.41, 5.74) is 6.08. The zero-order valence-corrected chi connectivity index (χ0v) is 18.6. The first-order chi connectivity index (χ1) is 15.0. The van der Waals surface area contributed by atoms with Crippen molar-refractivity contribution in [3.05, 3.63) is 61.7 Å². The van der Waals surface area contributed by atoms with Crippen molar-refractivity contribution in [2.24, 2.45) is 0 Å². The van der Waals surface area contributed by atoms with E-state index in [0.717, 1.165) is 25.7 Å². The van der Waals surface area contributed by atoms with Crippen LogP contribution in [0.5, 0.6) is 0 Å². The molecule has 2 amide bonds. The Labute approximate surface area is 184 Å². The third kappa shape index (κ3) is 4.39. The number of amides is 2. The van der Waals surface area contributed by atoms with Crippen LogP contribution in [0.1, 0.15) is 76.2 Å². The van der Waals surface area contributed by atoms with Crippen LogP contribution in [0.3, 0.4) is 0 Å². The first kappa shape index (κ1) is 21.2. The first-order valence-corrected chi connectivity index (χ1v) is 11.5. The van der Waals surface area contributed by atoms with E-state index < -0.39 is 5.91 Å². The summed E-state index contributed by atoms with van der Waals surface area (Å²) in [5.74, 6) is -0.902. The maximum absolute atomic E-state index is 12.9. The van der Waals surface area contributed by atoms with Crippen LogP contribution < -0.4 is 16.4 Å². The molecular formula is C23H26N4O3S. The number of carbonyl (C=O) groups is 2. The molecule has 7 nitrogen and oxygen atoms in total. The smallest absolute Gasteiger partial charge is 0.267 e. The molecule has 1 aliphatic carbocycles. The van der Waals surface area contributed by atoms with Gasteiger partial charge in [-0.15, -0.1) is 11.3 Å². The maximum atomic E-state index is 12.9. The number of fused-ring (bicyclic) bond motifs is 2. The SMILES string of the molecule is CC(C)n1nc(C(=O)NNC(=O)c2cc3c(s2)CCCCCC3)c2ccccc2c1=O. The van der Waals surface area contributed by atoms with Gasteiger partial charge < -0.3 is 0 Å². The van der Waals surface area contributed by atoms with Gasteiger partial charge in [-0.2, -0.15) is 5.10 Å². The second-order valence-corrected chi connectivity index (χ2v) is 9.26. The molecule has 1 aliphatic rings. The summed E-state index contributed by atoms with van der Waals surface area (Å²) in [6.07, 6.45) is 6.76. The van der Waals surface area contributed by atoms with E-state index in [-0.39, 0.29) is 23.2 Å². The van der Waals surface area contributed by atoms with Gasteiger partial charge in [0.1, 0.15) is 0 Å². The van der Waals surface area contributed by atoms with Gasteiger partial charge in [0.15, 0.2) is 5.69 Å². The molecule has 2 heterocycles. The van der Waals surface area contributed by atoms with Gasteiger partial charge in [0, 0.05) is 10.3 Å². The predicted molar refractivity (Wildman–Crippen MR) is 122 cm³/mol. The van der Waals surface area contributed by atoms with Crippen molar-refractivity contribution in [2.75, 3.05) is 0 Å². The molecule has 0 unspecified atom stereocenters. The number of nitrogens with zero attached hydrogens (tertiary/aromatic N) is 2. The Balaban J connectivity index is 1.55. The van der Waals surface area contributed by atoms with Gasteiger partial charge in [-0.25, -0.2) is 4.68 Å². The minimum absolute atomic E-state index is 0.0997. The average Bonchev–Trinajstić information content (AvgIpc) is 3.14. The van der Waals surface area contributed by atoms with E-state index in [1.807, 2.05) is 19.9 Å². The van der Waals surface area contributed by atoms with Gasteiger partial charge in [0.25, 0.3) is 17.4 Å². The van der Waals surface area contributed by atoms with Crippen LogP contribution in [0.4, 0.5) is 0 Å². The van der Waals surface area contributed by atoms with E-state index in [1.165, 1.54) is 39.3 Å². The molecule has 3 aromatic rings. The molecule has 2 N–H and O–H groups in total. The summed E-state index contributed by atoms with van der Waals surface area (Å²) in [7, 11) is 0. The van der Waals surface area contributed by atoms with Gasteiger partial charge in [0.2, 0.25) is 0 Å². The number of hydrazine groups is 1. The van der Waals surface area contributed by atoms with Gasteiger partial charge in [-0.3, -0.25) is 25.2 Å². The fourth-order valence-corrected chi connectivity index (χ4v) is 5.06. The number of hydrogen-bond acceptors (Lipinski definition) is 5. The first-order valence-electron chi connectivity index (χ1n) is 10.7. The Bertz CT molecular complexity index is 1170. The van der Waals surface area contributed by atoms with Crippen molar-refractivity contribution in [3.63, 3.8) is 0 Å². The summed E-state index contributed by atoms with van der Waals surface area (Å²) in [5, 5.41) is 5.14. The zero-order valence-electron chi connectivity index (χ0n) is 17.7. The highest BCUT2D eigenvalue weighted by atomic mass is 32.1. The minimum Gasteiger partial charge on any atom is -0.267 e. The number of rotatable bonds is 3. The lowest BCUT2D eigenvalue weighted by Crippen LogP contribution is -2.42. The Kier molecular flexibility index (Phi) is 6.18. The van der Waals surface area contributed by atoms with E-state index >= 15 is 0 Å². The Morgan fingerprint density at radius 3 is 2.42 bits per heavy atom. The van der Waals surface area contributed by atoms with E-state index in [9.17, 15) is 14.4 Å². The number of thiophene rings is 1. The number of aromatic nitrogens is 2. The van der Waals surface area contributed by atoms with Crippen molar-refractivity contribution in [1.82, 2.24) is 20.6 Å². The van der Waals surface area contributed by atoms with Crippen LogP contribution in [0.15, 0.2) is 35.1 Å². The fourth-order valence-electron chi connectivity index (χ4n) is 3.91. The monoisotopic (exact) mass is 438 g/mol. The zero-order chi connectivity index (χ0) is 22.0. The molecule has 0 atom stereocenters. The molecule has 8 heteroatoms. The summed E-state index contributed by atoms with van der Waals surface area (Å²) in [4.78, 5) is 40.0. The van der Waals surface area contributed by atoms with Crippen LogP contribution in [0.25, 0.3) is 10.8 Å². The van der Waals surface area contributed by atoms with Crippen molar-refractivity contribution in [2.45, 2.75) is 58.4 Å². The molecule has 0 saturated carbocycles. The highest BCUT2D eigenvalue weighted by molar-refractivity contribution is 7.14. The van der Waals surface area contributed by atoms with E-state index in [0.29, 0.717) is 15.6 Å². The highest BCUT2D eigenvalue weighted by Gasteiger charge is 2.20. The molecule has 1 aromatic carbocycles. The van der Waals surface area contributed by atoms with Gasteiger partial charge in [-0.1, -0.05) is 31.0 Å². The predicted octanol–water partition coefficient (Wildman–Crippen LogP) is 3.77. The summed E-state index contributed by atoms with van der Waals surface area (Å²) in [6.45, 7) is 3.66. The highest BCUT2D eigenvalue weighted by Crippen LogP contribution is 2.28. The second kappa shape index (κ2) is 9.01. The molecule has 162 valence electrons. The van der Waals surface area contributed by atoms with E-state index in [1.54, 1.807) is 24.3 Å². The van der Waals surface area contributed by atoms with Crippen LogP contribution in [0.2, 0.25) is 0 Å². The molecule has 0 spiro atoms. The Morgan fingerprint density at radius 1 is 1.00 bits per heavy atom. The number of aryl methyl sites for hydroxylation is 2. The lowest BCUT2D eigenvalue weighted by atomic mass is 10.00. The molecule has 0 bridgehead atoms. The molecule has 0 fully saturated rings. The number of carbonyl (C=O) groups excluding carboxylic acids is 2. The molecule has 0 radical (unpaired) electrons. The molecule has 2 aromatic heterocycles. The summed E-state index contributed by atoms with van der Waals surface area (Å²) >= 11 is 1.50. The van der Waals surface area contributed by atoms with Gasteiger partial charge in [0.05, 0.1) is 16.3 Å². The third-order valence-corrected chi connectivity index (χ3v) is 6.78. The number of benzene rings is 1. The minimum atomic E-state index is -0.561. The maximum Gasteiger partial charge on any atom is 0.290 e. The lowest BCUT2D eigenvalue weighted by molar-refractivity contribution is 0.0845. The van der Waals surface area contributed by atoms with E-state index in [2.05, 4.69) is 16.0 Å². The third-order valence-electron chi connectivity index (χ3n) is 5.54. The molecular weight excluding hydrogens is 412 g/mol. The van der Waals surface area contributed by atoms with Gasteiger partial charge >= 0.3 is 0 Å². The molecule has 31 heavy (non-hydrogen) atoms. The summed E-state index contributed by atoms with van der Waals surface area (Å²) < 4.78 is 1.29. The number of nitrogens with one attached hydrogen (secondary N) is 2. The van der Waals surface area contributed by atoms with Crippen molar-refractivity contribution in [3.8, 4) is 0 Å². The fraction of sp³-hybridized carbons (Fsp3) is 0.391. The van der Waals surface area contributed by atoms with Crippen LogP contribution in [-0.4, -0.2) is 21.6 Å². The van der Waals surface area contributed by atoms with Crippen molar-refractivity contribution < 1.29 is 9.59 Å². The van der Waals surface area contributed by atoms with Crippen molar-refractivity contribution >= 4 is 33.9 Å². The van der Waals surface area contributed by atoms with Gasteiger partial charge in [-0.05, 0) is 57.2 Å². The van der Waals surface area contributed by atoms with Crippen LogP contribution in [0, 0.1) is 0 Å². The van der Waals surface area contributed by atoms with E-state index in [4.69, 9.17) is 0 Å². The topological polar surface area (TPSA) is 93.1 Å². The number of hydrogen-bond donors (Lipinski definition) is 2. The van der Waals surface area contributed by atoms with Crippen LogP contribution in [-0.2, 0) is 12.8 Å². The second-order valence-electron chi connectivity index (χ2n) is 8.12. The quantitative estimate of drug-likeness (QED) is 0.609. The van der Waals surface area contributed by atoms with Crippen LogP contribution >= 0.6 is 11.3 Å². The molecule has 4 rings (SSSR count).